The van der Waals surface area contributed by atoms with Crippen LogP contribution >= 0.6 is 0 Å². The maximum Gasteiger partial charge on any atom is 0.143 e. The summed E-state index contributed by atoms with van der Waals surface area (Å²) in [7, 11) is 1.73. The molecular weight excluding hydrogens is 216 g/mol. The molecule has 1 aromatic heterocycles. The number of hydrogen-bond donors (Lipinski definition) is 2. The van der Waals surface area contributed by atoms with Gasteiger partial charge in [-0.05, 0) is 18.6 Å². The number of nitrogen functional groups attached to an aromatic ring is 1. The highest BCUT2D eigenvalue weighted by Crippen LogP contribution is 2.25. The van der Waals surface area contributed by atoms with Crippen molar-refractivity contribution in [2.24, 2.45) is 11.7 Å². The SMILES string of the molecule is COCC1CCN(c2cccnc2C(=N)N)C1. The van der Waals surface area contributed by atoms with Gasteiger partial charge in [-0.1, -0.05) is 0 Å². The number of hydrogen-bond acceptors (Lipinski definition) is 4. The van der Waals surface area contributed by atoms with Crippen LogP contribution in [0.3, 0.4) is 0 Å². The number of rotatable bonds is 4. The van der Waals surface area contributed by atoms with Crippen LogP contribution in [0.1, 0.15) is 12.1 Å². The van der Waals surface area contributed by atoms with Gasteiger partial charge in [0.15, 0.2) is 0 Å². The number of nitrogens with one attached hydrogen (secondary N) is 1. The predicted octanol–water partition coefficient (Wildman–Crippen LogP) is 0.838. The van der Waals surface area contributed by atoms with Gasteiger partial charge in [0.25, 0.3) is 0 Å². The van der Waals surface area contributed by atoms with Gasteiger partial charge in [0, 0.05) is 32.3 Å². The fourth-order valence-corrected chi connectivity index (χ4v) is 2.28. The highest BCUT2D eigenvalue weighted by Gasteiger charge is 2.24. The zero-order valence-electron chi connectivity index (χ0n) is 10.0. The Balaban J connectivity index is 2.16. The fourth-order valence-electron chi connectivity index (χ4n) is 2.28. The van der Waals surface area contributed by atoms with E-state index in [1.54, 1.807) is 13.3 Å². The highest BCUT2D eigenvalue weighted by molar-refractivity contribution is 5.98. The number of methoxy groups -OCH3 is 1. The average Bonchev–Trinajstić information content (AvgIpc) is 2.78. The summed E-state index contributed by atoms with van der Waals surface area (Å²) in [6, 6.07) is 3.85. The van der Waals surface area contributed by atoms with Gasteiger partial charge in [0.1, 0.15) is 11.5 Å². The fraction of sp³-hybridized carbons (Fsp3) is 0.500. The molecule has 1 saturated heterocycles. The molecule has 0 saturated carbocycles. The van der Waals surface area contributed by atoms with Crippen LogP contribution in [0.4, 0.5) is 5.69 Å². The van der Waals surface area contributed by atoms with Gasteiger partial charge in [-0.3, -0.25) is 10.4 Å². The molecule has 3 N–H and O–H groups in total. The summed E-state index contributed by atoms with van der Waals surface area (Å²) in [5, 5.41) is 7.54. The lowest BCUT2D eigenvalue weighted by Crippen LogP contribution is -2.25. The van der Waals surface area contributed by atoms with Crippen molar-refractivity contribution in [1.29, 1.82) is 5.41 Å². The van der Waals surface area contributed by atoms with Crippen LogP contribution in [0.15, 0.2) is 18.3 Å². The molecule has 2 rings (SSSR count). The Kier molecular flexibility index (Phi) is 3.58. The molecule has 1 aromatic rings. The first-order valence-electron chi connectivity index (χ1n) is 5.75. The Morgan fingerprint density at radius 1 is 1.71 bits per heavy atom. The summed E-state index contributed by atoms with van der Waals surface area (Å²) >= 11 is 0. The van der Waals surface area contributed by atoms with Crippen LogP contribution in [0.5, 0.6) is 0 Å². The molecule has 2 heterocycles. The zero-order chi connectivity index (χ0) is 12.3. The second-order valence-corrected chi connectivity index (χ2v) is 4.34. The second kappa shape index (κ2) is 5.14. The maximum absolute atomic E-state index is 7.54. The number of anilines is 1. The third kappa shape index (κ3) is 2.55. The smallest absolute Gasteiger partial charge is 0.143 e. The molecule has 5 heteroatoms. The summed E-state index contributed by atoms with van der Waals surface area (Å²) in [6.07, 6.45) is 2.78. The van der Waals surface area contributed by atoms with Crippen molar-refractivity contribution in [3.63, 3.8) is 0 Å². The molecule has 1 aliphatic heterocycles. The molecule has 0 amide bonds. The average molecular weight is 234 g/mol. The van der Waals surface area contributed by atoms with Gasteiger partial charge in [-0.2, -0.15) is 0 Å². The summed E-state index contributed by atoms with van der Waals surface area (Å²) < 4.78 is 5.18. The van der Waals surface area contributed by atoms with E-state index in [9.17, 15) is 0 Å². The van der Waals surface area contributed by atoms with Crippen LogP contribution in [-0.4, -0.2) is 37.6 Å². The van der Waals surface area contributed by atoms with E-state index in [0.717, 1.165) is 31.8 Å². The molecule has 0 spiro atoms. The molecule has 0 aromatic carbocycles. The van der Waals surface area contributed by atoms with E-state index in [1.165, 1.54) is 0 Å². The minimum Gasteiger partial charge on any atom is -0.384 e. The predicted molar refractivity (Wildman–Crippen MR) is 67.4 cm³/mol. The zero-order valence-corrected chi connectivity index (χ0v) is 10.0. The van der Waals surface area contributed by atoms with Crippen LogP contribution < -0.4 is 10.6 Å². The van der Waals surface area contributed by atoms with Crippen molar-refractivity contribution in [3.05, 3.63) is 24.0 Å². The first-order valence-corrected chi connectivity index (χ1v) is 5.75. The van der Waals surface area contributed by atoms with Crippen LogP contribution in [0, 0.1) is 11.3 Å². The van der Waals surface area contributed by atoms with Crippen LogP contribution in [-0.2, 0) is 4.74 Å². The standard InChI is InChI=1S/C12H18N4O/c1-17-8-9-4-6-16(7-9)10-3-2-5-15-11(10)12(13)14/h2-3,5,9H,4,6-8H2,1H3,(H3,13,14). The van der Waals surface area contributed by atoms with Crippen LogP contribution in [0.2, 0.25) is 0 Å². The lowest BCUT2D eigenvalue weighted by atomic mass is 10.1. The van der Waals surface area contributed by atoms with Gasteiger partial charge < -0.3 is 15.4 Å². The van der Waals surface area contributed by atoms with Crippen molar-refractivity contribution in [2.45, 2.75) is 6.42 Å². The van der Waals surface area contributed by atoms with Crippen molar-refractivity contribution < 1.29 is 4.74 Å². The number of pyridine rings is 1. The Labute approximate surface area is 101 Å². The van der Waals surface area contributed by atoms with E-state index in [0.29, 0.717) is 11.6 Å². The van der Waals surface area contributed by atoms with Gasteiger partial charge in [-0.25, -0.2) is 0 Å². The van der Waals surface area contributed by atoms with Gasteiger partial charge in [-0.15, -0.1) is 0 Å². The lowest BCUT2D eigenvalue weighted by molar-refractivity contribution is 0.161. The number of nitrogens with two attached hydrogens (primary N) is 1. The number of ether oxygens (including phenoxy) is 1. The van der Waals surface area contributed by atoms with Crippen molar-refractivity contribution >= 4 is 11.5 Å². The third-order valence-corrected chi connectivity index (χ3v) is 3.07. The van der Waals surface area contributed by atoms with E-state index in [-0.39, 0.29) is 5.84 Å². The molecular formula is C12H18N4O. The number of amidine groups is 1. The molecule has 1 fully saturated rings. The highest BCUT2D eigenvalue weighted by atomic mass is 16.5. The Morgan fingerprint density at radius 2 is 2.53 bits per heavy atom. The van der Waals surface area contributed by atoms with E-state index in [1.807, 2.05) is 12.1 Å². The number of nitrogens with zero attached hydrogens (tertiary/aromatic N) is 2. The second-order valence-electron chi connectivity index (χ2n) is 4.34. The summed E-state index contributed by atoms with van der Waals surface area (Å²) in [6.45, 7) is 2.70. The molecule has 17 heavy (non-hydrogen) atoms. The van der Waals surface area contributed by atoms with Crippen molar-refractivity contribution in [3.8, 4) is 0 Å². The van der Waals surface area contributed by atoms with Gasteiger partial charge in [0.05, 0.1) is 12.3 Å². The molecule has 92 valence electrons. The van der Waals surface area contributed by atoms with E-state index < -0.39 is 0 Å². The third-order valence-electron chi connectivity index (χ3n) is 3.07. The van der Waals surface area contributed by atoms with E-state index in [2.05, 4.69) is 9.88 Å². The van der Waals surface area contributed by atoms with E-state index >= 15 is 0 Å². The lowest BCUT2D eigenvalue weighted by Gasteiger charge is -2.20. The quantitative estimate of drug-likeness (QED) is 0.598. The Bertz CT molecular complexity index is 407. The van der Waals surface area contributed by atoms with Crippen molar-refractivity contribution in [2.75, 3.05) is 31.7 Å². The molecule has 0 aliphatic carbocycles. The monoisotopic (exact) mass is 234 g/mol. The first-order chi connectivity index (χ1) is 8.22. The summed E-state index contributed by atoms with van der Waals surface area (Å²) in [4.78, 5) is 6.40. The Morgan fingerprint density at radius 3 is 3.24 bits per heavy atom. The topological polar surface area (TPSA) is 75.2 Å². The minimum atomic E-state index is 0.0239. The molecule has 1 atom stereocenters. The summed E-state index contributed by atoms with van der Waals surface area (Å²) in [5.41, 5.74) is 7.08. The van der Waals surface area contributed by atoms with E-state index in [4.69, 9.17) is 15.9 Å². The molecule has 5 nitrogen and oxygen atoms in total. The normalized spacial score (nSPS) is 19.6. The molecule has 0 bridgehead atoms. The Hall–Kier alpha value is -1.62. The number of aromatic nitrogens is 1. The molecule has 0 radical (unpaired) electrons. The minimum absolute atomic E-state index is 0.0239. The largest absolute Gasteiger partial charge is 0.384 e. The van der Waals surface area contributed by atoms with Crippen LogP contribution in [0.25, 0.3) is 0 Å². The maximum atomic E-state index is 7.54. The van der Waals surface area contributed by atoms with Gasteiger partial charge >= 0.3 is 0 Å². The van der Waals surface area contributed by atoms with Gasteiger partial charge in [0.2, 0.25) is 0 Å². The molecule has 1 aliphatic rings. The summed E-state index contributed by atoms with van der Waals surface area (Å²) in [5.74, 6) is 0.579. The first kappa shape index (κ1) is 11.9. The van der Waals surface area contributed by atoms with Crippen molar-refractivity contribution in [1.82, 2.24) is 4.98 Å². The molecule has 1 unspecified atom stereocenters.